The average molecular weight is 493 g/mol. The molecular weight excluding hydrogens is 475 g/mol. The number of ether oxygens (including phenoxy) is 2. The summed E-state index contributed by atoms with van der Waals surface area (Å²) in [5, 5.41) is 6.67. The van der Waals surface area contributed by atoms with Crippen LogP contribution in [0.25, 0.3) is 10.8 Å². The first-order valence-electron chi connectivity index (χ1n) is 10.2. The van der Waals surface area contributed by atoms with Crippen molar-refractivity contribution in [2.45, 2.75) is 0 Å². The molecule has 4 aromatic carbocycles. The number of fused-ring (bicyclic) bond motifs is 1. The van der Waals surface area contributed by atoms with Crippen LogP contribution in [0.5, 0.6) is 11.5 Å². The molecule has 0 atom stereocenters. The van der Waals surface area contributed by atoms with Gasteiger partial charge < -0.3 is 9.47 Å². The van der Waals surface area contributed by atoms with Gasteiger partial charge in [0.1, 0.15) is 11.5 Å². The van der Waals surface area contributed by atoms with E-state index in [4.69, 9.17) is 32.7 Å². The Morgan fingerprint density at radius 2 is 1.59 bits per heavy atom. The van der Waals surface area contributed by atoms with Crippen molar-refractivity contribution < 1.29 is 19.1 Å². The summed E-state index contributed by atoms with van der Waals surface area (Å²) in [5.74, 6) is -0.326. The summed E-state index contributed by atoms with van der Waals surface area (Å²) >= 11 is 11.9. The summed E-state index contributed by atoms with van der Waals surface area (Å²) in [6.45, 7) is -0.269. The van der Waals surface area contributed by atoms with E-state index in [-0.39, 0.29) is 6.61 Å². The van der Waals surface area contributed by atoms with Crippen molar-refractivity contribution in [3.8, 4) is 11.5 Å². The molecule has 0 aromatic heterocycles. The van der Waals surface area contributed by atoms with Gasteiger partial charge in [-0.15, -0.1) is 0 Å². The number of carbonyl (C=O) groups excluding carboxylic acids is 2. The molecule has 6 nitrogen and oxygen atoms in total. The summed E-state index contributed by atoms with van der Waals surface area (Å²) in [6.07, 6.45) is 1.43. The molecule has 0 heterocycles. The minimum absolute atomic E-state index is 0.269. The van der Waals surface area contributed by atoms with E-state index < -0.39 is 11.9 Å². The van der Waals surface area contributed by atoms with Gasteiger partial charge in [-0.25, -0.2) is 10.2 Å². The number of carbonyl (C=O) groups is 2. The van der Waals surface area contributed by atoms with Crippen molar-refractivity contribution in [1.82, 2.24) is 5.43 Å². The lowest BCUT2D eigenvalue weighted by atomic mass is 10.0. The van der Waals surface area contributed by atoms with Gasteiger partial charge in [-0.05, 0) is 53.2 Å². The Bertz CT molecular complexity index is 1370. The van der Waals surface area contributed by atoms with E-state index in [0.29, 0.717) is 32.7 Å². The number of hydrogen-bond acceptors (Lipinski definition) is 5. The lowest BCUT2D eigenvalue weighted by Gasteiger charge is -2.11. The highest BCUT2D eigenvalue weighted by Gasteiger charge is 2.14. The van der Waals surface area contributed by atoms with Crippen LogP contribution < -0.4 is 14.9 Å². The summed E-state index contributed by atoms with van der Waals surface area (Å²) in [7, 11) is 0. The van der Waals surface area contributed by atoms with Crippen LogP contribution in [0.15, 0.2) is 90.0 Å². The van der Waals surface area contributed by atoms with Crippen molar-refractivity contribution in [1.29, 1.82) is 0 Å². The number of hydrazone groups is 1. The fraction of sp³-hybridized carbons (Fsp3) is 0.0385. The van der Waals surface area contributed by atoms with Crippen LogP contribution in [-0.2, 0) is 4.79 Å². The van der Waals surface area contributed by atoms with Crippen LogP contribution in [0, 0.1) is 0 Å². The molecule has 0 spiro atoms. The Balaban J connectivity index is 1.51. The molecular formula is C26H18Cl2N2O4. The normalized spacial score (nSPS) is 10.9. The van der Waals surface area contributed by atoms with Gasteiger partial charge in [-0.1, -0.05) is 65.7 Å². The molecule has 0 aliphatic carbocycles. The number of amides is 1. The Labute approximate surface area is 205 Å². The highest BCUT2D eigenvalue weighted by atomic mass is 35.5. The number of nitrogens with zero attached hydrogens (tertiary/aromatic N) is 1. The van der Waals surface area contributed by atoms with Gasteiger partial charge in [0.15, 0.2) is 6.61 Å². The molecule has 0 unspecified atom stereocenters. The first kappa shape index (κ1) is 23.3. The summed E-state index contributed by atoms with van der Waals surface area (Å²) < 4.78 is 11.0. The zero-order valence-corrected chi connectivity index (χ0v) is 19.2. The van der Waals surface area contributed by atoms with E-state index >= 15 is 0 Å². The molecule has 0 aliphatic rings. The monoisotopic (exact) mass is 492 g/mol. The molecule has 34 heavy (non-hydrogen) atoms. The Hall–Kier alpha value is -3.87. The Kier molecular flexibility index (Phi) is 7.42. The first-order valence-corrected chi connectivity index (χ1v) is 11.0. The maximum absolute atomic E-state index is 12.6. The summed E-state index contributed by atoms with van der Waals surface area (Å²) in [5.41, 5.74) is 3.30. The van der Waals surface area contributed by atoms with Gasteiger partial charge in [0, 0.05) is 10.6 Å². The van der Waals surface area contributed by atoms with Gasteiger partial charge in [0.2, 0.25) is 0 Å². The second-order valence-corrected chi connectivity index (χ2v) is 7.95. The maximum atomic E-state index is 12.6. The minimum Gasteiger partial charge on any atom is -0.482 e. The fourth-order valence-corrected chi connectivity index (χ4v) is 3.46. The highest BCUT2D eigenvalue weighted by Crippen LogP contribution is 2.28. The lowest BCUT2D eigenvalue weighted by molar-refractivity contribution is -0.123. The Morgan fingerprint density at radius 3 is 2.38 bits per heavy atom. The predicted octanol–water partition coefficient (Wildman–Crippen LogP) is 5.89. The van der Waals surface area contributed by atoms with Gasteiger partial charge in [0.25, 0.3) is 5.91 Å². The zero-order chi connectivity index (χ0) is 23.9. The van der Waals surface area contributed by atoms with Crippen LogP contribution in [0.1, 0.15) is 15.9 Å². The number of halogens is 2. The molecule has 1 N–H and O–H groups in total. The maximum Gasteiger partial charge on any atom is 0.343 e. The Morgan fingerprint density at radius 1 is 0.853 bits per heavy atom. The van der Waals surface area contributed by atoms with E-state index in [9.17, 15) is 9.59 Å². The average Bonchev–Trinajstić information content (AvgIpc) is 2.85. The number of benzene rings is 4. The predicted molar refractivity (Wildman–Crippen MR) is 133 cm³/mol. The molecule has 1 amide bonds. The van der Waals surface area contributed by atoms with E-state index in [1.165, 1.54) is 6.21 Å². The number of esters is 1. The summed E-state index contributed by atoms with van der Waals surface area (Å²) in [4.78, 5) is 24.8. The molecule has 4 aromatic rings. The van der Waals surface area contributed by atoms with Crippen molar-refractivity contribution in [3.63, 3.8) is 0 Å². The smallest absolute Gasteiger partial charge is 0.343 e. The third kappa shape index (κ3) is 5.73. The van der Waals surface area contributed by atoms with Crippen LogP contribution in [0.2, 0.25) is 10.0 Å². The number of hydrogen-bond donors (Lipinski definition) is 1. The number of rotatable bonds is 7. The van der Waals surface area contributed by atoms with Crippen LogP contribution in [0.4, 0.5) is 0 Å². The van der Waals surface area contributed by atoms with Gasteiger partial charge in [-0.2, -0.15) is 5.10 Å². The quantitative estimate of drug-likeness (QED) is 0.151. The van der Waals surface area contributed by atoms with Crippen molar-refractivity contribution in [2.24, 2.45) is 5.10 Å². The molecule has 0 saturated heterocycles. The van der Waals surface area contributed by atoms with Crippen molar-refractivity contribution >= 4 is 52.1 Å². The first-order chi connectivity index (χ1) is 16.5. The standard InChI is InChI=1S/C26H18Cl2N2O4/c27-19-12-9-18(10-13-19)26(32)34-23-14-11-17-5-1-2-6-20(17)21(23)15-29-30-25(31)16-33-24-8-4-3-7-22(24)28/h1-15H,16H2,(H,30,31)/b29-15-. The van der Waals surface area contributed by atoms with E-state index in [0.717, 1.165) is 10.8 Å². The summed E-state index contributed by atoms with van der Waals surface area (Å²) in [6, 6.07) is 24.3. The topological polar surface area (TPSA) is 77.0 Å². The van der Waals surface area contributed by atoms with Crippen molar-refractivity contribution in [2.75, 3.05) is 6.61 Å². The molecule has 0 fully saturated rings. The largest absolute Gasteiger partial charge is 0.482 e. The van der Waals surface area contributed by atoms with Gasteiger partial charge >= 0.3 is 5.97 Å². The minimum atomic E-state index is -0.543. The molecule has 4 rings (SSSR count). The van der Waals surface area contributed by atoms with E-state index in [2.05, 4.69) is 10.5 Å². The third-order valence-corrected chi connectivity index (χ3v) is 5.36. The van der Waals surface area contributed by atoms with Crippen molar-refractivity contribution in [3.05, 3.63) is 106 Å². The van der Waals surface area contributed by atoms with Crippen LogP contribution in [0.3, 0.4) is 0 Å². The molecule has 0 radical (unpaired) electrons. The number of nitrogens with one attached hydrogen (secondary N) is 1. The zero-order valence-electron chi connectivity index (χ0n) is 17.7. The molecule has 8 heteroatoms. The second-order valence-electron chi connectivity index (χ2n) is 7.11. The van der Waals surface area contributed by atoms with E-state index in [1.54, 1.807) is 54.6 Å². The molecule has 0 bridgehead atoms. The molecule has 0 saturated carbocycles. The van der Waals surface area contributed by atoms with Crippen LogP contribution >= 0.6 is 23.2 Å². The van der Waals surface area contributed by atoms with E-state index in [1.807, 2.05) is 30.3 Å². The molecule has 0 aliphatic heterocycles. The lowest BCUT2D eigenvalue weighted by Crippen LogP contribution is -2.24. The fourth-order valence-electron chi connectivity index (χ4n) is 3.15. The second kappa shape index (κ2) is 10.8. The molecule has 170 valence electrons. The number of para-hydroxylation sites is 1. The SMILES string of the molecule is O=C(COc1ccccc1Cl)N/N=C\c1c(OC(=O)c2ccc(Cl)cc2)ccc2ccccc12. The highest BCUT2D eigenvalue weighted by molar-refractivity contribution is 6.32. The van der Waals surface area contributed by atoms with Gasteiger partial charge in [0.05, 0.1) is 16.8 Å². The van der Waals surface area contributed by atoms with Crippen LogP contribution in [-0.4, -0.2) is 24.7 Å². The third-order valence-electron chi connectivity index (χ3n) is 4.79. The van der Waals surface area contributed by atoms with Gasteiger partial charge in [-0.3, -0.25) is 4.79 Å².